The molecule has 0 N–H and O–H groups in total. The number of alkyl halides is 1. The highest BCUT2D eigenvalue weighted by Crippen LogP contribution is 2.17. The standard InChI is InChI=1S/C13H22BrNO3/c1-13(2,14)12(16)18-9-5-3-4-7-11-15-8-6-10-17-11/h3-10H2,1-2H3. The molecule has 0 bridgehead atoms. The topological polar surface area (TPSA) is 47.9 Å². The van der Waals surface area contributed by atoms with E-state index in [1.807, 2.05) is 0 Å². The maximum Gasteiger partial charge on any atom is 0.322 e. The van der Waals surface area contributed by atoms with Crippen molar-refractivity contribution in [2.45, 2.75) is 50.3 Å². The first-order valence-corrected chi connectivity index (χ1v) is 7.32. The van der Waals surface area contributed by atoms with Gasteiger partial charge in [0.25, 0.3) is 0 Å². The van der Waals surface area contributed by atoms with Gasteiger partial charge in [0.15, 0.2) is 5.90 Å². The molecule has 0 saturated heterocycles. The summed E-state index contributed by atoms with van der Waals surface area (Å²) in [6, 6.07) is 0. The van der Waals surface area contributed by atoms with Crippen molar-refractivity contribution >= 4 is 27.8 Å². The molecule has 0 atom stereocenters. The number of hydrogen-bond donors (Lipinski definition) is 0. The van der Waals surface area contributed by atoms with Gasteiger partial charge in [-0.2, -0.15) is 0 Å². The van der Waals surface area contributed by atoms with E-state index in [0.717, 1.165) is 51.2 Å². The van der Waals surface area contributed by atoms with Crippen molar-refractivity contribution in [1.29, 1.82) is 0 Å². The van der Waals surface area contributed by atoms with Crippen molar-refractivity contribution in [2.75, 3.05) is 19.8 Å². The van der Waals surface area contributed by atoms with Gasteiger partial charge in [0.1, 0.15) is 4.32 Å². The highest BCUT2D eigenvalue weighted by molar-refractivity contribution is 9.10. The lowest BCUT2D eigenvalue weighted by molar-refractivity contribution is -0.145. The summed E-state index contributed by atoms with van der Waals surface area (Å²) in [7, 11) is 0. The number of halogens is 1. The minimum Gasteiger partial charge on any atom is -0.481 e. The summed E-state index contributed by atoms with van der Waals surface area (Å²) in [6.45, 7) is 5.76. The van der Waals surface area contributed by atoms with E-state index in [0.29, 0.717) is 6.61 Å². The molecule has 0 saturated carbocycles. The number of carbonyl (C=O) groups is 1. The molecule has 0 aromatic rings. The van der Waals surface area contributed by atoms with Gasteiger partial charge in [-0.25, -0.2) is 0 Å². The van der Waals surface area contributed by atoms with Crippen molar-refractivity contribution in [2.24, 2.45) is 4.99 Å². The monoisotopic (exact) mass is 319 g/mol. The fourth-order valence-electron chi connectivity index (χ4n) is 1.55. The zero-order chi connectivity index (χ0) is 13.4. The smallest absolute Gasteiger partial charge is 0.322 e. The van der Waals surface area contributed by atoms with Crippen LogP contribution >= 0.6 is 15.9 Å². The van der Waals surface area contributed by atoms with Crippen LogP contribution in [-0.2, 0) is 14.3 Å². The molecule has 5 heteroatoms. The van der Waals surface area contributed by atoms with Crippen molar-refractivity contribution in [1.82, 2.24) is 0 Å². The van der Waals surface area contributed by atoms with Gasteiger partial charge in [0.05, 0.1) is 13.2 Å². The van der Waals surface area contributed by atoms with Crippen molar-refractivity contribution in [3.05, 3.63) is 0 Å². The third kappa shape index (κ3) is 6.38. The molecule has 1 heterocycles. The van der Waals surface area contributed by atoms with E-state index in [2.05, 4.69) is 20.9 Å². The second kappa shape index (κ2) is 7.77. The minimum atomic E-state index is -0.586. The van der Waals surface area contributed by atoms with Gasteiger partial charge in [0, 0.05) is 19.4 Å². The molecular weight excluding hydrogens is 298 g/mol. The molecule has 1 aliphatic rings. The zero-order valence-electron chi connectivity index (χ0n) is 11.2. The van der Waals surface area contributed by atoms with Gasteiger partial charge in [-0.05, 0) is 33.1 Å². The van der Waals surface area contributed by atoms with Crippen LogP contribution in [0, 0.1) is 0 Å². The fourth-order valence-corrected chi connectivity index (χ4v) is 1.66. The van der Waals surface area contributed by atoms with E-state index in [1.54, 1.807) is 13.8 Å². The number of ether oxygens (including phenoxy) is 2. The summed E-state index contributed by atoms with van der Waals surface area (Å²) in [4.78, 5) is 15.7. The van der Waals surface area contributed by atoms with Crippen molar-refractivity contribution in [3.63, 3.8) is 0 Å². The Labute approximate surface area is 117 Å². The van der Waals surface area contributed by atoms with Crippen LogP contribution in [0.4, 0.5) is 0 Å². The molecule has 104 valence electrons. The lowest BCUT2D eigenvalue weighted by Crippen LogP contribution is -2.26. The number of carbonyl (C=O) groups excluding carboxylic acids is 1. The van der Waals surface area contributed by atoms with Gasteiger partial charge in [-0.3, -0.25) is 9.79 Å². The largest absolute Gasteiger partial charge is 0.481 e. The van der Waals surface area contributed by atoms with E-state index < -0.39 is 4.32 Å². The van der Waals surface area contributed by atoms with E-state index in [1.165, 1.54) is 0 Å². The van der Waals surface area contributed by atoms with Crippen LogP contribution in [0.3, 0.4) is 0 Å². The molecule has 18 heavy (non-hydrogen) atoms. The number of unbranched alkanes of at least 4 members (excludes halogenated alkanes) is 2. The molecule has 1 aliphatic heterocycles. The molecule has 0 radical (unpaired) electrons. The number of esters is 1. The van der Waals surface area contributed by atoms with Crippen LogP contribution in [0.25, 0.3) is 0 Å². The quantitative estimate of drug-likeness (QED) is 0.411. The number of rotatable bonds is 7. The Balaban J connectivity index is 1.99. The van der Waals surface area contributed by atoms with Crippen LogP contribution in [0.2, 0.25) is 0 Å². The molecule has 0 unspecified atom stereocenters. The molecule has 0 fully saturated rings. The Hall–Kier alpha value is -0.580. The summed E-state index contributed by atoms with van der Waals surface area (Å²) in [5.74, 6) is 0.683. The predicted octanol–water partition coefficient (Wildman–Crippen LogP) is 3.08. The number of nitrogens with zero attached hydrogens (tertiary/aromatic N) is 1. The van der Waals surface area contributed by atoms with Crippen LogP contribution in [0.15, 0.2) is 4.99 Å². The fraction of sp³-hybridized carbons (Fsp3) is 0.846. The highest BCUT2D eigenvalue weighted by atomic mass is 79.9. The number of aliphatic imine (C=N–C) groups is 1. The molecular formula is C13H22BrNO3. The maximum atomic E-state index is 11.4. The van der Waals surface area contributed by atoms with Gasteiger partial charge in [0.2, 0.25) is 0 Å². The summed E-state index contributed by atoms with van der Waals surface area (Å²) < 4.78 is 9.99. The summed E-state index contributed by atoms with van der Waals surface area (Å²) in [6.07, 6.45) is 4.88. The van der Waals surface area contributed by atoms with E-state index in [4.69, 9.17) is 9.47 Å². The number of hydrogen-bond acceptors (Lipinski definition) is 4. The second-order valence-electron chi connectivity index (χ2n) is 4.90. The predicted molar refractivity (Wildman–Crippen MR) is 75.3 cm³/mol. The SMILES string of the molecule is CC(C)(Br)C(=O)OCCCCCC1=NCCCO1. The molecule has 0 aliphatic carbocycles. The van der Waals surface area contributed by atoms with Crippen LogP contribution in [-0.4, -0.2) is 35.9 Å². The average Bonchev–Trinajstić information content (AvgIpc) is 2.33. The lowest BCUT2D eigenvalue weighted by Gasteiger charge is -2.15. The summed E-state index contributed by atoms with van der Waals surface area (Å²) in [5.41, 5.74) is 0. The van der Waals surface area contributed by atoms with Gasteiger partial charge < -0.3 is 9.47 Å². The normalized spacial score (nSPS) is 15.8. The van der Waals surface area contributed by atoms with Crippen LogP contribution in [0.1, 0.15) is 46.0 Å². The molecule has 0 aromatic heterocycles. The Morgan fingerprint density at radius 1 is 1.44 bits per heavy atom. The Kier molecular flexibility index (Phi) is 6.68. The Morgan fingerprint density at radius 3 is 2.83 bits per heavy atom. The van der Waals surface area contributed by atoms with Gasteiger partial charge in [-0.15, -0.1) is 0 Å². The van der Waals surface area contributed by atoms with Crippen LogP contribution in [0.5, 0.6) is 0 Å². The second-order valence-corrected chi connectivity index (χ2v) is 6.88. The molecule has 0 aromatic carbocycles. The van der Waals surface area contributed by atoms with E-state index in [9.17, 15) is 4.79 Å². The first kappa shape index (κ1) is 15.5. The highest BCUT2D eigenvalue weighted by Gasteiger charge is 2.24. The van der Waals surface area contributed by atoms with E-state index in [-0.39, 0.29) is 5.97 Å². The maximum absolute atomic E-state index is 11.4. The molecule has 1 rings (SSSR count). The van der Waals surface area contributed by atoms with E-state index >= 15 is 0 Å². The lowest BCUT2D eigenvalue weighted by atomic mass is 10.2. The first-order valence-electron chi connectivity index (χ1n) is 6.52. The van der Waals surface area contributed by atoms with Gasteiger partial charge in [-0.1, -0.05) is 15.9 Å². The third-order valence-corrected chi connectivity index (χ3v) is 2.94. The zero-order valence-corrected chi connectivity index (χ0v) is 12.8. The van der Waals surface area contributed by atoms with Crippen molar-refractivity contribution < 1.29 is 14.3 Å². The van der Waals surface area contributed by atoms with Gasteiger partial charge >= 0.3 is 5.97 Å². The summed E-state index contributed by atoms with van der Waals surface area (Å²) >= 11 is 3.27. The molecule has 0 spiro atoms. The average molecular weight is 320 g/mol. The third-order valence-electron chi connectivity index (χ3n) is 2.61. The first-order chi connectivity index (χ1) is 8.50. The molecule has 4 nitrogen and oxygen atoms in total. The summed E-state index contributed by atoms with van der Waals surface area (Å²) in [5, 5.41) is 0. The molecule has 0 amide bonds. The Morgan fingerprint density at radius 2 is 2.22 bits per heavy atom. The van der Waals surface area contributed by atoms with Crippen molar-refractivity contribution in [3.8, 4) is 0 Å². The minimum absolute atomic E-state index is 0.206. The van der Waals surface area contributed by atoms with Crippen LogP contribution < -0.4 is 0 Å². The Bertz CT molecular complexity index is 297.